The van der Waals surface area contributed by atoms with Gasteiger partial charge in [-0.15, -0.1) is 0 Å². The largest absolute Gasteiger partial charge is 0.431 e. The highest BCUT2D eigenvalue weighted by Gasteiger charge is 1.86. The molecular weight excluding hydrogens is 150 g/mol. The fourth-order valence-electron chi connectivity index (χ4n) is 0.908. The molecule has 2 nitrogen and oxygen atoms in total. The molecule has 0 aliphatic carbocycles. The van der Waals surface area contributed by atoms with Crippen LogP contribution in [0.2, 0.25) is 0 Å². The van der Waals surface area contributed by atoms with Crippen molar-refractivity contribution in [1.82, 2.24) is 5.32 Å². The molecule has 0 saturated heterocycles. The van der Waals surface area contributed by atoms with Crippen LogP contribution in [0.15, 0.2) is 0 Å². The molecule has 0 fully saturated rings. The van der Waals surface area contributed by atoms with E-state index in [0.717, 1.165) is 6.54 Å². The van der Waals surface area contributed by atoms with E-state index >= 15 is 0 Å². The third-order valence-electron chi connectivity index (χ3n) is 1.56. The standard InChI is InChI=1S/C10H19NO/c1-3-5-6-7-8-11-10-12-9-4-2/h11H,3,5-8,10H2,1-2H3. The highest BCUT2D eigenvalue weighted by molar-refractivity contribution is 4.84. The summed E-state index contributed by atoms with van der Waals surface area (Å²) in [7, 11) is 0. The summed E-state index contributed by atoms with van der Waals surface area (Å²) in [6.07, 6.45) is 7.70. The van der Waals surface area contributed by atoms with Crippen LogP contribution in [0.4, 0.5) is 0 Å². The molecule has 0 radical (unpaired) electrons. The van der Waals surface area contributed by atoms with Gasteiger partial charge in [0.25, 0.3) is 0 Å². The third-order valence-corrected chi connectivity index (χ3v) is 1.56. The van der Waals surface area contributed by atoms with E-state index in [4.69, 9.17) is 4.74 Å². The van der Waals surface area contributed by atoms with Gasteiger partial charge in [-0.25, -0.2) is 0 Å². The predicted octanol–water partition coefficient (Wildman–Crippen LogP) is 2.11. The normalized spacial score (nSPS) is 8.83. The van der Waals surface area contributed by atoms with Gasteiger partial charge in [0.2, 0.25) is 0 Å². The zero-order valence-electron chi connectivity index (χ0n) is 8.15. The summed E-state index contributed by atoms with van der Waals surface area (Å²) in [4.78, 5) is 0. The van der Waals surface area contributed by atoms with E-state index in [1.807, 2.05) is 0 Å². The summed E-state index contributed by atoms with van der Waals surface area (Å²) in [5.41, 5.74) is 0. The van der Waals surface area contributed by atoms with Crippen LogP contribution in [0, 0.1) is 12.0 Å². The van der Waals surface area contributed by atoms with Gasteiger partial charge in [0.15, 0.2) is 6.73 Å². The Bertz CT molecular complexity index is 135. The maximum absolute atomic E-state index is 4.92. The van der Waals surface area contributed by atoms with E-state index in [-0.39, 0.29) is 0 Å². The molecule has 2 heteroatoms. The highest BCUT2D eigenvalue weighted by atomic mass is 16.5. The van der Waals surface area contributed by atoms with Crippen LogP contribution in [0.25, 0.3) is 0 Å². The summed E-state index contributed by atoms with van der Waals surface area (Å²) < 4.78 is 4.92. The highest BCUT2D eigenvalue weighted by Crippen LogP contribution is 1.96. The molecule has 0 aliphatic heterocycles. The molecule has 0 saturated carbocycles. The number of rotatable bonds is 7. The maximum Gasteiger partial charge on any atom is 0.151 e. The summed E-state index contributed by atoms with van der Waals surface area (Å²) in [5, 5.41) is 3.15. The van der Waals surface area contributed by atoms with E-state index in [1.165, 1.54) is 25.7 Å². The Kier molecular flexibility index (Phi) is 9.74. The van der Waals surface area contributed by atoms with Gasteiger partial charge in [-0.05, 0) is 13.0 Å². The third kappa shape index (κ3) is 9.32. The molecule has 0 aromatic carbocycles. The molecule has 0 spiro atoms. The van der Waals surface area contributed by atoms with Crippen molar-refractivity contribution in [2.24, 2.45) is 0 Å². The van der Waals surface area contributed by atoms with Crippen molar-refractivity contribution in [2.45, 2.75) is 39.5 Å². The van der Waals surface area contributed by atoms with E-state index in [0.29, 0.717) is 6.73 Å². The number of hydrogen-bond donors (Lipinski definition) is 1. The average molecular weight is 169 g/mol. The summed E-state index contributed by atoms with van der Waals surface area (Å²) in [6, 6.07) is 0. The first-order valence-electron chi connectivity index (χ1n) is 4.66. The van der Waals surface area contributed by atoms with Crippen LogP contribution in [-0.4, -0.2) is 13.3 Å². The first kappa shape index (κ1) is 11.3. The Morgan fingerprint density at radius 1 is 1.25 bits per heavy atom. The fraction of sp³-hybridized carbons (Fsp3) is 0.800. The van der Waals surface area contributed by atoms with Crippen molar-refractivity contribution in [3.05, 3.63) is 0 Å². The molecule has 0 aromatic heterocycles. The first-order valence-corrected chi connectivity index (χ1v) is 4.66. The van der Waals surface area contributed by atoms with Gasteiger partial charge < -0.3 is 4.74 Å². The van der Waals surface area contributed by atoms with Crippen LogP contribution >= 0.6 is 0 Å². The SMILES string of the molecule is CC#COCNCCCCCC. The van der Waals surface area contributed by atoms with Crippen LogP contribution < -0.4 is 5.32 Å². The fourth-order valence-corrected chi connectivity index (χ4v) is 0.908. The van der Waals surface area contributed by atoms with E-state index in [1.54, 1.807) is 6.92 Å². The Hall–Kier alpha value is -0.680. The molecule has 0 bridgehead atoms. The molecule has 1 N–H and O–H groups in total. The van der Waals surface area contributed by atoms with Crippen molar-refractivity contribution in [3.8, 4) is 12.0 Å². The summed E-state index contributed by atoms with van der Waals surface area (Å²) in [6.45, 7) is 5.56. The van der Waals surface area contributed by atoms with Gasteiger partial charge in [-0.2, -0.15) is 0 Å². The zero-order valence-corrected chi connectivity index (χ0v) is 8.15. The summed E-state index contributed by atoms with van der Waals surface area (Å²) >= 11 is 0. The Balaban J connectivity index is 2.84. The van der Waals surface area contributed by atoms with E-state index in [2.05, 4.69) is 24.3 Å². The number of ether oxygens (including phenoxy) is 1. The minimum atomic E-state index is 0.549. The van der Waals surface area contributed by atoms with Crippen molar-refractivity contribution < 1.29 is 4.74 Å². The lowest BCUT2D eigenvalue weighted by Gasteiger charge is -2.01. The maximum atomic E-state index is 4.92. The molecule has 0 rings (SSSR count). The molecule has 0 unspecified atom stereocenters. The van der Waals surface area contributed by atoms with Gasteiger partial charge in [0.05, 0.1) is 0 Å². The van der Waals surface area contributed by atoms with Crippen LogP contribution in [0.3, 0.4) is 0 Å². The molecule has 0 aliphatic rings. The van der Waals surface area contributed by atoms with E-state index < -0.39 is 0 Å². The molecule has 12 heavy (non-hydrogen) atoms. The lowest BCUT2D eigenvalue weighted by molar-refractivity contribution is 0.246. The summed E-state index contributed by atoms with van der Waals surface area (Å²) in [5.74, 6) is 2.67. The molecule has 70 valence electrons. The lowest BCUT2D eigenvalue weighted by atomic mass is 10.2. The monoisotopic (exact) mass is 169 g/mol. The van der Waals surface area contributed by atoms with Crippen LogP contribution in [0.5, 0.6) is 0 Å². The lowest BCUT2D eigenvalue weighted by Crippen LogP contribution is -2.17. The van der Waals surface area contributed by atoms with Crippen molar-refractivity contribution >= 4 is 0 Å². The smallest absolute Gasteiger partial charge is 0.151 e. The molecule has 0 amide bonds. The van der Waals surface area contributed by atoms with Gasteiger partial charge in [-0.1, -0.05) is 32.1 Å². The predicted molar refractivity (Wildman–Crippen MR) is 51.5 cm³/mol. The molecular formula is C10H19NO. The minimum absolute atomic E-state index is 0.549. The first-order chi connectivity index (χ1) is 5.91. The minimum Gasteiger partial charge on any atom is -0.431 e. The molecule has 0 heterocycles. The second kappa shape index (κ2) is 10.3. The van der Waals surface area contributed by atoms with Gasteiger partial charge in [0, 0.05) is 6.92 Å². The Labute approximate surface area is 75.7 Å². The van der Waals surface area contributed by atoms with Gasteiger partial charge in [-0.3, -0.25) is 5.32 Å². The Morgan fingerprint density at radius 2 is 2.08 bits per heavy atom. The topological polar surface area (TPSA) is 21.3 Å². The van der Waals surface area contributed by atoms with Gasteiger partial charge in [0.1, 0.15) is 6.11 Å². The van der Waals surface area contributed by atoms with Crippen molar-refractivity contribution in [2.75, 3.05) is 13.3 Å². The quantitative estimate of drug-likeness (QED) is 0.358. The van der Waals surface area contributed by atoms with Crippen LogP contribution in [0.1, 0.15) is 39.5 Å². The number of nitrogens with one attached hydrogen (secondary N) is 1. The molecule has 0 atom stereocenters. The van der Waals surface area contributed by atoms with E-state index in [9.17, 15) is 0 Å². The van der Waals surface area contributed by atoms with Crippen LogP contribution in [-0.2, 0) is 4.74 Å². The zero-order chi connectivity index (χ0) is 9.07. The molecule has 0 aromatic rings. The Morgan fingerprint density at radius 3 is 2.75 bits per heavy atom. The second-order valence-corrected chi connectivity index (χ2v) is 2.70. The van der Waals surface area contributed by atoms with Crippen molar-refractivity contribution in [3.63, 3.8) is 0 Å². The van der Waals surface area contributed by atoms with Crippen molar-refractivity contribution in [1.29, 1.82) is 0 Å². The number of hydrogen-bond acceptors (Lipinski definition) is 2. The second-order valence-electron chi connectivity index (χ2n) is 2.70. The number of unbranched alkanes of at least 4 members (excludes halogenated alkanes) is 3. The average Bonchev–Trinajstić information content (AvgIpc) is 2.10. The van der Waals surface area contributed by atoms with Gasteiger partial charge >= 0.3 is 0 Å².